The Bertz CT molecular complexity index is 578. The standard InChI is InChI=1S/C17H23N3O2S/c1-12-9-20(10-13(2)22-12)11-14-3-5-15(6-4-14)16(21)19-17-18-7-8-23-17/h3-6,12-13H,7-11H2,1-2H3,(H,18,19,21)/t12-,13+. The molecule has 2 aliphatic rings. The zero-order valence-electron chi connectivity index (χ0n) is 13.6. The molecule has 2 aliphatic heterocycles. The van der Waals surface area contributed by atoms with Crippen LogP contribution in [0.4, 0.5) is 0 Å². The predicted molar refractivity (Wildman–Crippen MR) is 94.0 cm³/mol. The van der Waals surface area contributed by atoms with Gasteiger partial charge in [0.25, 0.3) is 5.91 Å². The van der Waals surface area contributed by atoms with E-state index in [-0.39, 0.29) is 18.1 Å². The van der Waals surface area contributed by atoms with Gasteiger partial charge in [-0.25, -0.2) is 0 Å². The van der Waals surface area contributed by atoms with E-state index in [0.717, 1.165) is 37.1 Å². The van der Waals surface area contributed by atoms with Crippen molar-refractivity contribution in [2.75, 3.05) is 25.4 Å². The minimum Gasteiger partial charge on any atom is -0.373 e. The van der Waals surface area contributed by atoms with Gasteiger partial charge in [0.05, 0.1) is 18.8 Å². The summed E-state index contributed by atoms with van der Waals surface area (Å²) in [6.07, 6.45) is 0.543. The number of rotatable bonds is 3. The van der Waals surface area contributed by atoms with Gasteiger partial charge in [0.1, 0.15) is 0 Å². The number of amidine groups is 1. The van der Waals surface area contributed by atoms with Crippen molar-refractivity contribution in [3.63, 3.8) is 0 Å². The molecule has 2 atom stereocenters. The van der Waals surface area contributed by atoms with Gasteiger partial charge in [-0.3, -0.25) is 14.7 Å². The minimum atomic E-state index is -0.0849. The van der Waals surface area contributed by atoms with Crippen LogP contribution in [0.2, 0.25) is 0 Å². The number of ether oxygens (including phenoxy) is 1. The van der Waals surface area contributed by atoms with Crippen LogP contribution in [0.25, 0.3) is 0 Å². The Labute approximate surface area is 141 Å². The van der Waals surface area contributed by atoms with Crippen LogP contribution in [-0.4, -0.2) is 53.6 Å². The normalized spacial score (nSPS) is 25.2. The molecular weight excluding hydrogens is 310 g/mol. The van der Waals surface area contributed by atoms with E-state index in [4.69, 9.17) is 4.74 Å². The van der Waals surface area contributed by atoms with Crippen LogP contribution in [0.3, 0.4) is 0 Å². The maximum atomic E-state index is 12.2. The summed E-state index contributed by atoms with van der Waals surface area (Å²) in [6, 6.07) is 7.84. The summed E-state index contributed by atoms with van der Waals surface area (Å²) >= 11 is 1.59. The van der Waals surface area contributed by atoms with E-state index in [0.29, 0.717) is 5.56 Å². The van der Waals surface area contributed by atoms with E-state index >= 15 is 0 Å². The Balaban J connectivity index is 1.57. The summed E-state index contributed by atoms with van der Waals surface area (Å²) in [6.45, 7) is 7.80. The third-order valence-corrected chi connectivity index (χ3v) is 4.81. The summed E-state index contributed by atoms with van der Waals surface area (Å²) in [5, 5.41) is 3.59. The monoisotopic (exact) mass is 333 g/mol. The fourth-order valence-electron chi connectivity index (χ4n) is 3.01. The van der Waals surface area contributed by atoms with E-state index in [9.17, 15) is 4.79 Å². The molecule has 5 nitrogen and oxygen atoms in total. The maximum absolute atomic E-state index is 12.2. The minimum absolute atomic E-state index is 0.0849. The number of benzene rings is 1. The van der Waals surface area contributed by atoms with E-state index < -0.39 is 0 Å². The van der Waals surface area contributed by atoms with E-state index in [1.54, 1.807) is 11.8 Å². The highest BCUT2D eigenvalue weighted by Gasteiger charge is 2.22. The molecule has 3 rings (SSSR count). The number of carbonyl (C=O) groups is 1. The molecule has 23 heavy (non-hydrogen) atoms. The van der Waals surface area contributed by atoms with Crippen molar-refractivity contribution < 1.29 is 9.53 Å². The summed E-state index contributed by atoms with van der Waals surface area (Å²) < 4.78 is 5.76. The lowest BCUT2D eigenvalue weighted by molar-refractivity contribution is -0.0704. The first-order chi connectivity index (χ1) is 11.1. The summed E-state index contributed by atoms with van der Waals surface area (Å²) in [5.74, 6) is 0.864. The molecule has 0 unspecified atom stereocenters. The highest BCUT2D eigenvalue weighted by molar-refractivity contribution is 8.14. The molecule has 1 saturated heterocycles. The fraction of sp³-hybridized carbons (Fsp3) is 0.529. The first-order valence-electron chi connectivity index (χ1n) is 8.05. The zero-order valence-corrected chi connectivity index (χ0v) is 14.4. The third kappa shape index (κ3) is 4.56. The number of nitrogens with one attached hydrogen (secondary N) is 1. The zero-order chi connectivity index (χ0) is 16.2. The lowest BCUT2D eigenvalue weighted by Crippen LogP contribution is -2.44. The quantitative estimate of drug-likeness (QED) is 0.921. The molecule has 0 bridgehead atoms. The Kier molecular flexibility index (Phi) is 5.35. The van der Waals surface area contributed by atoms with Crippen molar-refractivity contribution in [1.29, 1.82) is 0 Å². The number of thioether (sulfide) groups is 1. The van der Waals surface area contributed by atoms with Crippen LogP contribution < -0.4 is 5.32 Å². The lowest BCUT2D eigenvalue weighted by Gasteiger charge is -2.35. The molecule has 0 aliphatic carbocycles. The smallest absolute Gasteiger partial charge is 0.257 e. The van der Waals surface area contributed by atoms with Gasteiger partial charge in [0.2, 0.25) is 0 Å². The number of aliphatic imine (C=N–C) groups is 1. The average molecular weight is 333 g/mol. The SMILES string of the molecule is C[C@@H]1CN(Cc2ccc(C(=O)NC3=NCCS3)cc2)C[C@H](C)O1. The van der Waals surface area contributed by atoms with Crippen molar-refractivity contribution in [3.05, 3.63) is 35.4 Å². The predicted octanol–water partition coefficient (Wildman–Crippen LogP) is 2.13. The molecule has 1 aromatic carbocycles. The molecule has 0 saturated carbocycles. The molecule has 0 radical (unpaired) electrons. The van der Waals surface area contributed by atoms with Gasteiger partial charge in [-0.05, 0) is 31.5 Å². The van der Waals surface area contributed by atoms with Gasteiger partial charge in [-0.1, -0.05) is 23.9 Å². The Morgan fingerprint density at radius 1 is 1.30 bits per heavy atom. The molecule has 0 aromatic heterocycles. The molecule has 0 spiro atoms. The second kappa shape index (κ2) is 7.47. The van der Waals surface area contributed by atoms with Crippen molar-refractivity contribution in [2.45, 2.75) is 32.6 Å². The van der Waals surface area contributed by atoms with E-state index in [2.05, 4.69) is 29.1 Å². The number of nitrogens with zero attached hydrogens (tertiary/aromatic N) is 2. The summed E-state index contributed by atoms with van der Waals surface area (Å²) in [4.78, 5) is 18.8. The van der Waals surface area contributed by atoms with Gasteiger partial charge in [0, 0.05) is 31.0 Å². The van der Waals surface area contributed by atoms with Gasteiger partial charge in [-0.15, -0.1) is 0 Å². The molecule has 1 aromatic rings. The first kappa shape index (κ1) is 16.5. The maximum Gasteiger partial charge on any atom is 0.257 e. The topological polar surface area (TPSA) is 53.9 Å². The highest BCUT2D eigenvalue weighted by Crippen LogP contribution is 2.15. The van der Waals surface area contributed by atoms with Crippen LogP contribution in [0.15, 0.2) is 29.3 Å². The number of carbonyl (C=O) groups excluding carboxylic acids is 1. The Morgan fingerprint density at radius 2 is 2.00 bits per heavy atom. The van der Waals surface area contributed by atoms with Crippen molar-refractivity contribution in [2.24, 2.45) is 4.99 Å². The van der Waals surface area contributed by atoms with Crippen molar-refractivity contribution in [3.8, 4) is 0 Å². The van der Waals surface area contributed by atoms with Gasteiger partial charge < -0.3 is 10.1 Å². The van der Waals surface area contributed by atoms with Crippen LogP contribution in [0, 0.1) is 0 Å². The van der Waals surface area contributed by atoms with Gasteiger partial charge in [0.15, 0.2) is 5.17 Å². The summed E-state index contributed by atoms with van der Waals surface area (Å²) in [5.41, 5.74) is 1.89. The molecular formula is C17H23N3O2S. The fourth-order valence-corrected chi connectivity index (χ4v) is 3.74. The molecule has 6 heteroatoms. The second-order valence-corrected chi connectivity index (χ2v) is 7.22. The Morgan fingerprint density at radius 3 is 2.61 bits per heavy atom. The Hall–Kier alpha value is -1.37. The van der Waals surface area contributed by atoms with Gasteiger partial charge >= 0.3 is 0 Å². The van der Waals surface area contributed by atoms with E-state index in [1.807, 2.05) is 24.3 Å². The molecule has 1 amide bonds. The average Bonchev–Trinajstić information content (AvgIpc) is 3.00. The molecule has 124 valence electrons. The third-order valence-electron chi connectivity index (χ3n) is 3.92. The number of morpholine rings is 1. The highest BCUT2D eigenvalue weighted by atomic mass is 32.2. The number of hydrogen-bond donors (Lipinski definition) is 1. The van der Waals surface area contributed by atoms with Gasteiger partial charge in [-0.2, -0.15) is 0 Å². The number of hydrogen-bond acceptors (Lipinski definition) is 5. The van der Waals surface area contributed by atoms with Crippen molar-refractivity contribution in [1.82, 2.24) is 10.2 Å². The second-order valence-electron chi connectivity index (χ2n) is 6.14. The van der Waals surface area contributed by atoms with Crippen LogP contribution in [0.5, 0.6) is 0 Å². The summed E-state index contributed by atoms with van der Waals surface area (Å²) in [7, 11) is 0. The van der Waals surface area contributed by atoms with Crippen LogP contribution >= 0.6 is 11.8 Å². The van der Waals surface area contributed by atoms with Crippen LogP contribution in [-0.2, 0) is 11.3 Å². The van der Waals surface area contributed by atoms with Crippen LogP contribution in [0.1, 0.15) is 29.8 Å². The molecule has 2 heterocycles. The largest absolute Gasteiger partial charge is 0.373 e. The molecule has 1 fully saturated rings. The van der Waals surface area contributed by atoms with E-state index in [1.165, 1.54) is 5.56 Å². The lowest BCUT2D eigenvalue weighted by atomic mass is 10.1. The van der Waals surface area contributed by atoms with Crippen molar-refractivity contribution >= 4 is 22.8 Å². The first-order valence-corrected chi connectivity index (χ1v) is 9.04. The number of amides is 1. The molecule has 1 N–H and O–H groups in total.